The summed E-state index contributed by atoms with van der Waals surface area (Å²) < 4.78 is 27.4. The predicted molar refractivity (Wildman–Crippen MR) is 95.9 cm³/mol. The van der Waals surface area contributed by atoms with E-state index in [4.69, 9.17) is 10.8 Å². The number of unbranched alkanes of at least 4 members (excludes halogenated alkanes) is 2. The van der Waals surface area contributed by atoms with Gasteiger partial charge in [-0.25, -0.2) is 8.42 Å². The highest BCUT2D eigenvalue weighted by molar-refractivity contribution is 14.1. The molecule has 0 saturated heterocycles. The number of nitrogens with one attached hydrogen (secondary N) is 1. The van der Waals surface area contributed by atoms with E-state index >= 15 is 0 Å². The second-order valence-electron chi connectivity index (χ2n) is 5.02. The Balaban J connectivity index is 2.54. The quantitative estimate of drug-likeness (QED) is 0.293. The number of carbonyl (C=O) groups is 1. The van der Waals surface area contributed by atoms with Gasteiger partial charge in [0.25, 0.3) is 0 Å². The van der Waals surface area contributed by atoms with Crippen LogP contribution in [0.25, 0.3) is 0 Å². The van der Waals surface area contributed by atoms with Crippen molar-refractivity contribution in [3.63, 3.8) is 0 Å². The zero-order valence-corrected chi connectivity index (χ0v) is 15.1. The third-order valence-electron chi connectivity index (χ3n) is 3.05. The summed E-state index contributed by atoms with van der Waals surface area (Å²) in [4.78, 5) is 10.7. The molecule has 8 heteroatoms. The zero-order valence-electron chi connectivity index (χ0n) is 12.2. The second kappa shape index (κ2) is 9.31. The molecule has 1 aromatic carbocycles. The third kappa shape index (κ3) is 7.41. The SMILES string of the molecule is NC(Cc1ccc(NS(=O)(=O)CCCCCI)cc1)C(=O)O. The molecule has 22 heavy (non-hydrogen) atoms. The van der Waals surface area contributed by atoms with E-state index in [1.807, 2.05) is 0 Å². The number of hydrogen-bond acceptors (Lipinski definition) is 4. The van der Waals surface area contributed by atoms with Crippen LogP contribution in [-0.4, -0.2) is 35.7 Å². The summed E-state index contributed by atoms with van der Waals surface area (Å²) in [6.07, 6.45) is 2.77. The van der Waals surface area contributed by atoms with Crippen molar-refractivity contribution in [2.24, 2.45) is 5.73 Å². The molecule has 1 unspecified atom stereocenters. The van der Waals surface area contributed by atoms with Gasteiger partial charge in [-0.2, -0.15) is 0 Å². The standard InChI is InChI=1S/C14H21IN2O4S/c15-8-2-1-3-9-22(20,21)17-12-6-4-11(5-7-12)10-13(16)14(18)19/h4-7,13,17H,1-3,8-10,16H2,(H,18,19). The van der Waals surface area contributed by atoms with Crippen molar-refractivity contribution in [2.75, 3.05) is 14.9 Å². The van der Waals surface area contributed by atoms with Crippen molar-refractivity contribution in [1.29, 1.82) is 0 Å². The average molecular weight is 440 g/mol. The number of sulfonamides is 1. The number of alkyl halides is 1. The smallest absolute Gasteiger partial charge is 0.320 e. The number of anilines is 1. The van der Waals surface area contributed by atoms with Crippen LogP contribution in [0.5, 0.6) is 0 Å². The van der Waals surface area contributed by atoms with E-state index in [9.17, 15) is 13.2 Å². The van der Waals surface area contributed by atoms with Crippen molar-refractivity contribution < 1.29 is 18.3 Å². The maximum atomic E-state index is 11.9. The Morgan fingerprint density at radius 2 is 1.86 bits per heavy atom. The van der Waals surface area contributed by atoms with Gasteiger partial charge < -0.3 is 10.8 Å². The van der Waals surface area contributed by atoms with Crippen LogP contribution in [0.4, 0.5) is 5.69 Å². The molecule has 0 aliphatic heterocycles. The topological polar surface area (TPSA) is 109 Å². The lowest BCUT2D eigenvalue weighted by atomic mass is 10.1. The first-order valence-corrected chi connectivity index (χ1v) is 10.2. The molecule has 0 radical (unpaired) electrons. The molecule has 124 valence electrons. The molecule has 1 aromatic rings. The molecule has 0 aromatic heterocycles. The molecule has 0 amide bonds. The lowest BCUT2D eigenvalue weighted by molar-refractivity contribution is -0.138. The van der Waals surface area contributed by atoms with Crippen molar-refractivity contribution >= 4 is 44.3 Å². The molecule has 0 fully saturated rings. The first-order valence-electron chi connectivity index (χ1n) is 6.98. The molecule has 0 heterocycles. The average Bonchev–Trinajstić information content (AvgIpc) is 2.45. The number of aliphatic carboxylic acids is 1. The van der Waals surface area contributed by atoms with Crippen LogP contribution in [0, 0.1) is 0 Å². The third-order valence-corrected chi connectivity index (χ3v) is 5.18. The number of benzene rings is 1. The zero-order chi connectivity index (χ0) is 16.6. The monoisotopic (exact) mass is 440 g/mol. The summed E-state index contributed by atoms with van der Waals surface area (Å²) >= 11 is 2.27. The number of carboxylic acid groups (broad SMARTS) is 1. The molecule has 0 aliphatic carbocycles. The van der Waals surface area contributed by atoms with E-state index in [0.29, 0.717) is 12.1 Å². The van der Waals surface area contributed by atoms with Crippen LogP contribution in [-0.2, 0) is 21.2 Å². The van der Waals surface area contributed by atoms with E-state index in [-0.39, 0.29) is 12.2 Å². The fraction of sp³-hybridized carbons (Fsp3) is 0.500. The molecular formula is C14H21IN2O4S. The van der Waals surface area contributed by atoms with Crippen molar-refractivity contribution in [3.05, 3.63) is 29.8 Å². The van der Waals surface area contributed by atoms with Crippen LogP contribution >= 0.6 is 22.6 Å². The maximum Gasteiger partial charge on any atom is 0.320 e. The molecule has 1 rings (SSSR count). The number of hydrogen-bond donors (Lipinski definition) is 3. The Bertz CT molecular complexity index is 575. The van der Waals surface area contributed by atoms with Crippen LogP contribution in [0.1, 0.15) is 24.8 Å². The lowest BCUT2D eigenvalue weighted by Gasteiger charge is -2.10. The van der Waals surface area contributed by atoms with Gasteiger partial charge in [-0.1, -0.05) is 41.1 Å². The number of halogens is 1. The number of carboxylic acids is 1. The summed E-state index contributed by atoms with van der Waals surface area (Å²) in [7, 11) is -3.34. The molecule has 6 nitrogen and oxygen atoms in total. The van der Waals surface area contributed by atoms with Gasteiger partial charge in [0, 0.05) is 5.69 Å². The molecular weight excluding hydrogens is 419 g/mol. The normalized spacial score (nSPS) is 12.8. The minimum Gasteiger partial charge on any atom is -0.480 e. The van der Waals surface area contributed by atoms with Crippen molar-refractivity contribution in [2.45, 2.75) is 31.7 Å². The van der Waals surface area contributed by atoms with Crippen molar-refractivity contribution in [3.8, 4) is 0 Å². The minimum absolute atomic E-state index is 0.106. The van der Waals surface area contributed by atoms with E-state index < -0.39 is 22.0 Å². The van der Waals surface area contributed by atoms with Gasteiger partial charge in [0.05, 0.1) is 5.75 Å². The Morgan fingerprint density at radius 3 is 2.41 bits per heavy atom. The van der Waals surface area contributed by atoms with Crippen LogP contribution in [0.15, 0.2) is 24.3 Å². The Hall–Kier alpha value is -0.870. The maximum absolute atomic E-state index is 11.9. The van der Waals surface area contributed by atoms with E-state index in [2.05, 4.69) is 27.3 Å². The van der Waals surface area contributed by atoms with Gasteiger partial charge in [0.2, 0.25) is 10.0 Å². The fourth-order valence-corrected chi connectivity index (χ4v) is 3.56. The van der Waals surface area contributed by atoms with Gasteiger partial charge in [0.15, 0.2) is 0 Å². The van der Waals surface area contributed by atoms with Crippen LogP contribution < -0.4 is 10.5 Å². The van der Waals surface area contributed by atoms with Gasteiger partial charge in [-0.3, -0.25) is 9.52 Å². The summed E-state index contributed by atoms with van der Waals surface area (Å²) in [5.41, 5.74) is 6.68. The van der Waals surface area contributed by atoms with Gasteiger partial charge in [-0.15, -0.1) is 0 Å². The van der Waals surface area contributed by atoms with E-state index in [1.165, 1.54) is 0 Å². The summed E-state index contributed by atoms with van der Waals surface area (Å²) in [6, 6.07) is 5.63. The van der Waals surface area contributed by atoms with E-state index in [1.54, 1.807) is 24.3 Å². The molecule has 0 aliphatic rings. The predicted octanol–water partition coefficient (Wildman–Crippen LogP) is 1.99. The Morgan fingerprint density at radius 1 is 1.23 bits per heavy atom. The summed E-state index contributed by atoms with van der Waals surface area (Å²) in [6.45, 7) is 0. The largest absolute Gasteiger partial charge is 0.480 e. The van der Waals surface area contributed by atoms with Gasteiger partial charge in [-0.05, 0) is 41.4 Å². The molecule has 1 atom stereocenters. The van der Waals surface area contributed by atoms with Gasteiger partial charge >= 0.3 is 5.97 Å². The lowest BCUT2D eigenvalue weighted by Crippen LogP contribution is -2.32. The Labute approximate surface area is 144 Å². The molecule has 4 N–H and O–H groups in total. The number of nitrogens with two attached hydrogens (primary N) is 1. The first-order chi connectivity index (χ1) is 10.3. The highest BCUT2D eigenvalue weighted by atomic mass is 127. The highest BCUT2D eigenvalue weighted by Crippen LogP contribution is 2.13. The summed E-state index contributed by atoms with van der Waals surface area (Å²) in [5, 5.41) is 8.75. The molecule has 0 saturated carbocycles. The minimum atomic E-state index is -3.34. The Kier molecular flexibility index (Phi) is 8.12. The van der Waals surface area contributed by atoms with E-state index in [0.717, 1.165) is 22.8 Å². The highest BCUT2D eigenvalue weighted by Gasteiger charge is 2.13. The number of rotatable bonds is 10. The molecule has 0 bridgehead atoms. The van der Waals surface area contributed by atoms with Crippen LogP contribution in [0.2, 0.25) is 0 Å². The van der Waals surface area contributed by atoms with Gasteiger partial charge in [0.1, 0.15) is 6.04 Å². The van der Waals surface area contributed by atoms with Crippen molar-refractivity contribution in [1.82, 2.24) is 0 Å². The summed E-state index contributed by atoms with van der Waals surface area (Å²) in [5.74, 6) is -0.953. The second-order valence-corrected chi connectivity index (χ2v) is 7.94. The fourth-order valence-electron chi connectivity index (χ4n) is 1.84. The van der Waals surface area contributed by atoms with Crippen LogP contribution in [0.3, 0.4) is 0 Å². The molecule has 0 spiro atoms. The first kappa shape index (κ1) is 19.2.